The van der Waals surface area contributed by atoms with Crippen LogP contribution in [0, 0.1) is 5.41 Å². The predicted molar refractivity (Wildman–Crippen MR) is 56.2 cm³/mol. The molecule has 1 atom stereocenters. The van der Waals surface area contributed by atoms with E-state index in [0.717, 1.165) is 25.9 Å². The third-order valence-electron chi connectivity index (χ3n) is 3.39. The molecule has 0 bridgehead atoms. The molecule has 2 rings (SSSR count). The molecule has 2 aliphatic rings. The second-order valence-corrected chi connectivity index (χ2v) is 4.87. The Kier molecular flexibility index (Phi) is 2.67. The van der Waals surface area contributed by atoms with Crippen LogP contribution in [0.1, 0.15) is 32.6 Å². The summed E-state index contributed by atoms with van der Waals surface area (Å²) in [5.41, 5.74) is -0.492. The topological polar surface area (TPSA) is 49.4 Å². The molecule has 4 heteroatoms. The summed E-state index contributed by atoms with van der Waals surface area (Å²) in [5, 5.41) is 2.74. The molecular weight excluding hydrogens is 192 g/mol. The third kappa shape index (κ3) is 1.98. The molecule has 4 nitrogen and oxygen atoms in total. The van der Waals surface area contributed by atoms with Crippen molar-refractivity contribution in [3.05, 3.63) is 0 Å². The Labute approximate surface area is 90.0 Å². The fourth-order valence-electron chi connectivity index (χ4n) is 2.40. The van der Waals surface area contributed by atoms with Crippen LogP contribution in [0.5, 0.6) is 0 Å². The van der Waals surface area contributed by atoms with Gasteiger partial charge in [0.1, 0.15) is 0 Å². The van der Waals surface area contributed by atoms with Crippen LogP contribution in [0.4, 0.5) is 0 Å². The molecule has 2 amide bonds. The summed E-state index contributed by atoms with van der Waals surface area (Å²) in [5.74, 6) is 0.156. The Morgan fingerprint density at radius 2 is 2.00 bits per heavy atom. The first-order chi connectivity index (χ1) is 7.12. The first kappa shape index (κ1) is 10.5. The highest BCUT2D eigenvalue weighted by Gasteiger charge is 2.43. The maximum atomic E-state index is 12.2. The summed E-state index contributed by atoms with van der Waals surface area (Å²) < 4.78 is 0. The Morgan fingerprint density at radius 1 is 1.33 bits per heavy atom. The lowest BCUT2D eigenvalue weighted by molar-refractivity contribution is -0.142. The molecule has 0 aromatic heterocycles. The van der Waals surface area contributed by atoms with E-state index in [9.17, 15) is 9.59 Å². The predicted octanol–water partition coefficient (Wildman–Crippen LogP) is 0.525. The van der Waals surface area contributed by atoms with Gasteiger partial charge in [-0.2, -0.15) is 0 Å². The second kappa shape index (κ2) is 3.83. The van der Waals surface area contributed by atoms with Gasteiger partial charge in [-0.15, -0.1) is 0 Å². The van der Waals surface area contributed by atoms with Crippen LogP contribution in [0.25, 0.3) is 0 Å². The highest BCUT2D eigenvalue weighted by molar-refractivity contribution is 5.92. The van der Waals surface area contributed by atoms with Crippen molar-refractivity contribution in [1.29, 1.82) is 0 Å². The number of likely N-dealkylation sites (tertiary alicyclic amines) is 1. The number of piperidine rings is 1. The van der Waals surface area contributed by atoms with Gasteiger partial charge in [0.2, 0.25) is 11.8 Å². The van der Waals surface area contributed by atoms with E-state index in [1.54, 1.807) is 0 Å². The number of rotatable bonds is 1. The van der Waals surface area contributed by atoms with Gasteiger partial charge in [-0.1, -0.05) is 0 Å². The molecular formula is C11H18N2O2. The van der Waals surface area contributed by atoms with E-state index in [1.807, 2.05) is 11.8 Å². The molecule has 0 spiro atoms. The van der Waals surface area contributed by atoms with E-state index in [4.69, 9.17) is 0 Å². The minimum absolute atomic E-state index is 0.00265. The van der Waals surface area contributed by atoms with Crippen LogP contribution in [0.2, 0.25) is 0 Å². The van der Waals surface area contributed by atoms with E-state index in [-0.39, 0.29) is 11.8 Å². The van der Waals surface area contributed by atoms with Gasteiger partial charge in [0.15, 0.2) is 0 Å². The molecule has 0 aliphatic carbocycles. The molecule has 84 valence electrons. The molecule has 2 fully saturated rings. The van der Waals surface area contributed by atoms with Gasteiger partial charge in [-0.25, -0.2) is 0 Å². The summed E-state index contributed by atoms with van der Waals surface area (Å²) >= 11 is 0. The van der Waals surface area contributed by atoms with Crippen LogP contribution in [0.15, 0.2) is 0 Å². The number of hydrogen-bond donors (Lipinski definition) is 1. The summed E-state index contributed by atoms with van der Waals surface area (Å²) in [6, 6.07) is 0. The van der Waals surface area contributed by atoms with Gasteiger partial charge < -0.3 is 10.2 Å². The average molecular weight is 210 g/mol. The van der Waals surface area contributed by atoms with Crippen LogP contribution < -0.4 is 5.32 Å². The molecule has 1 N–H and O–H groups in total. The molecule has 2 aliphatic heterocycles. The van der Waals surface area contributed by atoms with E-state index in [0.29, 0.717) is 13.0 Å². The molecule has 0 radical (unpaired) electrons. The minimum Gasteiger partial charge on any atom is -0.355 e. The van der Waals surface area contributed by atoms with Gasteiger partial charge in [0.25, 0.3) is 0 Å². The molecule has 15 heavy (non-hydrogen) atoms. The van der Waals surface area contributed by atoms with Crippen molar-refractivity contribution in [2.75, 3.05) is 19.6 Å². The molecule has 2 saturated heterocycles. The number of nitrogens with zero attached hydrogens (tertiary/aromatic N) is 1. The van der Waals surface area contributed by atoms with E-state index < -0.39 is 5.41 Å². The van der Waals surface area contributed by atoms with Gasteiger partial charge in [-0.05, 0) is 26.2 Å². The number of hydrogen-bond acceptors (Lipinski definition) is 2. The quantitative estimate of drug-likeness (QED) is 0.686. The zero-order valence-corrected chi connectivity index (χ0v) is 9.21. The second-order valence-electron chi connectivity index (χ2n) is 4.87. The maximum absolute atomic E-state index is 12.2. The molecule has 0 saturated carbocycles. The summed E-state index contributed by atoms with van der Waals surface area (Å²) in [7, 11) is 0. The molecule has 0 aromatic rings. The first-order valence-electron chi connectivity index (χ1n) is 5.68. The van der Waals surface area contributed by atoms with Crippen LogP contribution in [-0.4, -0.2) is 36.3 Å². The number of carbonyl (C=O) groups is 2. The molecule has 2 heterocycles. The Balaban J connectivity index is 2.02. The van der Waals surface area contributed by atoms with E-state index in [2.05, 4.69) is 5.32 Å². The zero-order chi connectivity index (χ0) is 10.9. The van der Waals surface area contributed by atoms with Crippen molar-refractivity contribution in [3.8, 4) is 0 Å². The monoisotopic (exact) mass is 210 g/mol. The fourth-order valence-corrected chi connectivity index (χ4v) is 2.40. The fraction of sp³-hybridized carbons (Fsp3) is 0.818. The SMILES string of the molecule is CC1(C(=O)N2CCCCC2)CNC(=O)C1. The average Bonchev–Trinajstić information content (AvgIpc) is 2.60. The van der Waals surface area contributed by atoms with Gasteiger partial charge in [0, 0.05) is 26.1 Å². The highest BCUT2D eigenvalue weighted by Crippen LogP contribution is 2.29. The van der Waals surface area contributed by atoms with Crippen LogP contribution >= 0.6 is 0 Å². The van der Waals surface area contributed by atoms with Crippen molar-refractivity contribution in [3.63, 3.8) is 0 Å². The molecule has 0 aromatic carbocycles. The van der Waals surface area contributed by atoms with Gasteiger partial charge in [0.05, 0.1) is 5.41 Å². The number of nitrogens with one attached hydrogen (secondary N) is 1. The number of carbonyl (C=O) groups excluding carboxylic acids is 2. The van der Waals surface area contributed by atoms with Crippen LogP contribution in [-0.2, 0) is 9.59 Å². The standard InChI is InChI=1S/C11H18N2O2/c1-11(7-9(14)12-8-11)10(15)13-5-3-2-4-6-13/h2-8H2,1H3,(H,12,14). The lowest BCUT2D eigenvalue weighted by Gasteiger charge is -2.33. The third-order valence-corrected chi connectivity index (χ3v) is 3.39. The van der Waals surface area contributed by atoms with Crippen LogP contribution in [0.3, 0.4) is 0 Å². The van der Waals surface area contributed by atoms with Gasteiger partial charge in [-0.3, -0.25) is 9.59 Å². The maximum Gasteiger partial charge on any atom is 0.230 e. The van der Waals surface area contributed by atoms with Gasteiger partial charge >= 0.3 is 0 Å². The number of amides is 2. The van der Waals surface area contributed by atoms with Crippen molar-refractivity contribution in [2.45, 2.75) is 32.6 Å². The summed E-state index contributed by atoms with van der Waals surface area (Å²) in [6.07, 6.45) is 3.77. The van der Waals surface area contributed by atoms with Crippen molar-refractivity contribution >= 4 is 11.8 Å². The lowest BCUT2D eigenvalue weighted by atomic mass is 9.87. The van der Waals surface area contributed by atoms with E-state index >= 15 is 0 Å². The Bertz CT molecular complexity index is 284. The smallest absolute Gasteiger partial charge is 0.230 e. The normalized spacial score (nSPS) is 31.5. The minimum atomic E-state index is -0.492. The zero-order valence-electron chi connectivity index (χ0n) is 9.21. The van der Waals surface area contributed by atoms with E-state index in [1.165, 1.54) is 6.42 Å². The summed E-state index contributed by atoms with van der Waals surface area (Å²) in [4.78, 5) is 25.3. The van der Waals surface area contributed by atoms with Crippen molar-refractivity contribution in [1.82, 2.24) is 10.2 Å². The lowest BCUT2D eigenvalue weighted by Crippen LogP contribution is -2.45. The Morgan fingerprint density at radius 3 is 2.53 bits per heavy atom. The largest absolute Gasteiger partial charge is 0.355 e. The van der Waals surface area contributed by atoms with Crippen molar-refractivity contribution in [2.24, 2.45) is 5.41 Å². The summed E-state index contributed by atoms with van der Waals surface area (Å²) in [6.45, 7) is 4.12. The first-order valence-corrected chi connectivity index (χ1v) is 5.68. The van der Waals surface area contributed by atoms with Crippen molar-refractivity contribution < 1.29 is 9.59 Å². The highest BCUT2D eigenvalue weighted by atomic mass is 16.2. The Hall–Kier alpha value is -1.06. The molecule has 1 unspecified atom stereocenters.